The van der Waals surface area contributed by atoms with E-state index in [0.717, 1.165) is 4.31 Å². The van der Waals surface area contributed by atoms with Gasteiger partial charge in [-0.05, 0) is 0 Å². The molecule has 0 spiro atoms. The third kappa shape index (κ3) is 2.91. The lowest BCUT2D eigenvalue weighted by Crippen LogP contribution is -2.42. The third-order valence-electron chi connectivity index (χ3n) is 2.42. The molecular formula is C8H15NO6S. The molecule has 0 saturated carbocycles. The zero-order chi connectivity index (χ0) is 12.3. The highest BCUT2D eigenvalue weighted by Crippen LogP contribution is 2.22. The predicted molar refractivity (Wildman–Crippen MR) is 54.4 cm³/mol. The molecule has 2 N–H and O–H groups in total. The highest BCUT2D eigenvalue weighted by atomic mass is 32.2. The van der Waals surface area contributed by atoms with Gasteiger partial charge in [-0.15, -0.1) is 0 Å². The van der Waals surface area contributed by atoms with E-state index in [9.17, 15) is 18.3 Å². The monoisotopic (exact) mass is 253 g/mol. The van der Waals surface area contributed by atoms with Gasteiger partial charge in [0.15, 0.2) is 0 Å². The molecule has 0 aromatic heterocycles. The van der Waals surface area contributed by atoms with Gasteiger partial charge >= 0.3 is 5.97 Å². The molecule has 1 unspecified atom stereocenters. The van der Waals surface area contributed by atoms with E-state index in [2.05, 4.69) is 4.74 Å². The van der Waals surface area contributed by atoms with Crippen LogP contribution in [-0.2, 0) is 19.6 Å². The van der Waals surface area contributed by atoms with Crippen molar-refractivity contribution in [2.45, 2.75) is 18.6 Å². The van der Waals surface area contributed by atoms with E-state index in [1.165, 1.54) is 7.11 Å². The smallest absolute Gasteiger partial charge is 0.322 e. The Bertz CT molecular complexity index is 354. The van der Waals surface area contributed by atoms with E-state index in [1.54, 1.807) is 0 Å². The first-order valence-corrected chi connectivity index (χ1v) is 6.38. The fourth-order valence-electron chi connectivity index (χ4n) is 1.62. The summed E-state index contributed by atoms with van der Waals surface area (Å²) in [5.74, 6) is -1.52. The number of ether oxygens (including phenoxy) is 1. The minimum absolute atomic E-state index is 0.00126. The van der Waals surface area contributed by atoms with Crippen LogP contribution in [0.5, 0.6) is 0 Å². The van der Waals surface area contributed by atoms with Crippen molar-refractivity contribution in [1.29, 1.82) is 0 Å². The third-order valence-corrected chi connectivity index (χ3v) is 4.22. The highest BCUT2D eigenvalue weighted by Gasteiger charge is 2.42. The molecule has 94 valence electrons. The molecule has 1 heterocycles. The van der Waals surface area contributed by atoms with E-state index >= 15 is 0 Å². The SMILES string of the molecule is COCCS(=O)(=O)N1CC(O)C[C@H]1C(=O)O. The van der Waals surface area contributed by atoms with Crippen molar-refractivity contribution in [1.82, 2.24) is 4.31 Å². The van der Waals surface area contributed by atoms with E-state index in [0.29, 0.717) is 0 Å². The van der Waals surface area contributed by atoms with Crippen LogP contribution in [0.4, 0.5) is 0 Å². The second kappa shape index (κ2) is 5.09. The molecule has 2 atom stereocenters. The van der Waals surface area contributed by atoms with Crippen LogP contribution in [0, 0.1) is 0 Å². The first kappa shape index (κ1) is 13.4. The molecular weight excluding hydrogens is 238 g/mol. The summed E-state index contributed by atoms with van der Waals surface area (Å²) < 4.78 is 28.9. The van der Waals surface area contributed by atoms with E-state index in [4.69, 9.17) is 5.11 Å². The standard InChI is InChI=1S/C8H15NO6S/c1-15-2-3-16(13,14)9-5-6(10)4-7(9)8(11)12/h6-7,10H,2-5H2,1H3,(H,11,12)/t6?,7-/m0/s1. The Kier molecular flexibility index (Phi) is 4.25. The van der Waals surface area contributed by atoms with Gasteiger partial charge in [-0.3, -0.25) is 4.79 Å². The lowest BCUT2D eigenvalue weighted by atomic mass is 10.2. The number of aliphatic carboxylic acids is 1. The summed E-state index contributed by atoms with van der Waals surface area (Å²) in [6.07, 6.45) is -0.986. The molecule has 16 heavy (non-hydrogen) atoms. The average Bonchev–Trinajstić information content (AvgIpc) is 2.58. The van der Waals surface area contributed by atoms with Gasteiger partial charge in [0.05, 0.1) is 18.5 Å². The number of rotatable bonds is 5. The maximum Gasteiger partial charge on any atom is 0.322 e. The first-order chi connectivity index (χ1) is 7.38. The molecule has 0 aromatic rings. The number of carboxylic acids is 1. The van der Waals surface area contributed by atoms with Crippen LogP contribution in [0.25, 0.3) is 0 Å². The Morgan fingerprint density at radius 1 is 1.56 bits per heavy atom. The first-order valence-electron chi connectivity index (χ1n) is 4.78. The predicted octanol–water partition coefficient (Wildman–Crippen LogP) is -1.52. The van der Waals surface area contributed by atoms with Gasteiger partial charge in [0, 0.05) is 20.1 Å². The van der Waals surface area contributed by atoms with E-state index in [1.807, 2.05) is 0 Å². The number of β-amino-alcohol motifs (C(OH)–C–C–N with tert-alkyl or cyclic N) is 1. The molecule has 1 fully saturated rings. The average molecular weight is 253 g/mol. The summed E-state index contributed by atoms with van der Waals surface area (Å²) in [6.45, 7) is -0.162. The van der Waals surface area contributed by atoms with Crippen LogP contribution >= 0.6 is 0 Å². The van der Waals surface area contributed by atoms with Crippen molar-refractivity contribution in [3.8, 4) is 0 Å². The Balaban J connectivity index is 2.81. The second-order valence-corrected chi connectivity index (χ2v) is 5.66. The van der Waals surface area contributed by atoms with Gasteiger partial charge in [0.1, 0.15) is 6.04 Å². The molecule has 1 rings (SSSR count). The number of aliphatic hydroxyl groups excluding tert-OH is 1. The lowest BCUT2D eigenvalue weighted by Gasteiger charge is -2.20. The molecule has 0 amide bonds. The van der Waals surface area contributed by atoms with Crippen molar-refractivity contribution < 1.29 is 28.2 Å². The molecule has 0 bridgehead atoms. The number of hydrogen-bond acceptors (Lipinski definition) is 5. The van der Waals surface area contributed by atoms with Crippen LogP contribution in [0.1, 0.15) is 6.42 Å². The largest absolute Gasteiger partial charge is 0.480 e. The summed E-state index contributed by atoms with van der Waals surface area (Å²) in [7, 11) is -2.32. The van der Waals surface area contributed by atoms with Crippen molar-refractivity contribution in [3.05, 3.63) is 0 Å². The van der Waals surface area contributed by atoms with Gasteiger partial charge < -0.3 is 14.9 Å². The second-order valence-electron chi connectivity index (χ2n) is 3.62. The number of aliphatic hydroxyl groups is 1. The maximum atomic E-state index is 11.7. The summed E-state index contributed by atoms with van der Waals surface area (Å²) >= 11 is 0. The lowest BCUT2D eigenvalue weighted by molar-refractivity contribution is -0.140. The van der Waals surface area contributed by atoms with Crippen LogP contribution in [0.3, 0.4) is 0 Å². The van der Waals surface area contributed by atoms with Crippen molar-refractivity contribution in [3.63, 3.8) is 0 Å². The summed E-state index contributed by atoms with van der Waals surface area (Å²) in [5.41, 5.74) is 0. The molecule has 8 heteroatoms. The maximum absolute atomic E-state index is 11.7. The molecule has 1 aliphatic rings. The molecule has 0 aromatic carbocycles. The summed E-state index contributed by atoms with van der Waals surface area (Å²) in [4.78, 5) is 10.8. The quantitative estimate of drug-likeness (QED) is 0.617. The van der Waals surface area contributed by atoms with Gasteiger partial charge in [0.25, 0.3) is 0 Å². The van der Waals surface area contributed by atoms with Crippen molar-refractivity contribution in [2.24, 2.45) is 0 Å². The number of carbonyl (C=O) groups is 1. The van der Waals surface area contributed by atoms with E-state index in [-0.39, 0.29) is 25.3 Å². The highest BCUT2D eigenvalue weighted by molar-refractivity contribution is 7.89. The van der Waals surface area contributed by atoms with Crippen molar-refractivity contribution in [2.75, 3.05) is 26.0 Å². The number of methoxy groups -OCH3 is 1. The van der Waals surface area contributed by atoms with Crippen LogP contribution in [0.15, 0.2) is 0 Å². The minimum atomic E-state index is -3.68. The Morgan fingerprint density at radius 3 is 2.69 bits per heavy atom. The van der Waals surface area contributed by atoms with Gasteiger partial charge in [-0.2, -0.15) is 4.31 Å². The summed E-state index contributed by atoms with van der Waals surface area (Å²) in [6, 6.07) is -1.17. The van der Waals surface area contributed by atoms with Gasteiger partial charge in [0.2, 0.25) is 10.0 Å². The zero-order valence-electron chi connectivity index (χ0n) is 8.87. The molecule has 1 saturated heterocycles. The number of carboxylic acid groups (broad SMARTS) is 1. The van der Waals surface area contributed by atoms with E-state index < -0.39 is 28.1 Å². The van der Waals surface area contributed by atoms with Crippen LogP contribution in [0.2, 0.25) is 0 Å². The molecule has 1 aliphatic heterocycles. The Morgan fingerprint density at radius 2 is 2.19 bits per heavy atom. The summed E-state index contributed by atoms with van der Waals surface area (Å²) in [5, 5.41) is 18.1. The Hall–Kier alpha value is -0.700. The number of hydrogen-bond donors (Lipinski definition) is 2. The topological polar surface area (TPSA) is 104 Å². The minimum Gasteiger partial charge on any atom is -0.480 e. The van der Waals surface area contributed by atoms with Gasteiger partial charge in [-0.1, -0.05) is 0 Å². The fourth-order valence-corrected chi connectivity index (χ4v) is 3.20. The molecule has 0 aliphatic carbocycles. The number of nitrogens with zero attached hydrogens (tertiary/aromatic N) is 1. The molecule has 0 radical (unpaired) electrons. The number of sulfonamides is 1. The van der Waals surface area contributed by atoms with Crippen LogP contribution < -0.4 is 0 Å². The zero-order valence-corrected chi connectivity index (χ0v) is 9.68. The normalized spacial score (nSPS) is 27.1. The van der Waals surface area contributed by atoms with Gasteiger partial charge in [-0.25, -0.2) is 8.42 Å². The van der Waals surface area contributed by atoms with Crippen molar-refractivity contribution >= 4 is 16.0 Å². The fraction of sp³-hybridized carbons (Fsp3) is 0.875. The molecule has 7 nitrogen and oxygen atoms in total. The Labute approximate surface area is 93.7 Å². The van der Waals surface area contributed by atoms with Crippen LogP contribution in [-0.4, -0.2) is 67.1 Å².